The van der Waals surface area contributed by atoms with Gasteiger partial charge in [-0.05, 0) is 38.2 Å². The van der Waals surface area contributed by atoms with Crippen molar-refractivity contribution in [2.45, 2.75) is 19.5 Å². The van der Waals surface area contributed by atoms with E-state index in [1.807, 2.05) is 24.9 Å². The van der Waals surface area contributed by atoms with E-state index < -0.39 is 11.6 Å². The van der Waals surface area contributed by atoms with Crippen LogP contribution in [0.3, 0.4) is 0 Å². The fourth-order valence-corrected chi connectivity index (χ4v) is 2.27. The summed E-state index contributed by atoms with van der Waals surface area (Å²) in [5, 5.41) is 0. The van der Waals surface area contributed by atoms with Crippen LogP contribution in [0.5, 0.6) is 0 Å². The monoisotopic (exact) mass is 280 g/mol. The van der Waals surface area contributed by atoms with Crippen molar-refractivity contribution in [2.75, 3.05) is 13.6 Å². The van der Waals surface area contributed by atoms with Gasteiger partial charge in [-0.15, -0.1) is 0 Å². The van der Waals surface area contributed by atoms with Crippen molar-refractivity contribution in [1.82, 2.24) is 4.90 Å². The molecule has 1 unspecified atom stereocenters. The molecule has 2 rings (SSSR count). The van der Waals surface area contributed by atoms with Crippen LogP contribution in [-0.2, 0) is 6.54 Å². The lowest BCUT2D eigenvalue weighted by Crippen LogP contribution is -2.31. The number of likely N-dealkylation sites (N-methyl/N-ethyl adjacent to an activating group) is 1. The van der Waals surface area contributed by atoms with Crippen LogP contribution in [0.2, 0.25) is 0 Å². The Labute approximate surface area is 117 Å². The highest BCUT2D eigenvalue weighted by atomic mass is 19.1. The van der Waals surface area contributed by atoms with E-state index in [0.717, 1.165) is 23.5 Å². The lowest BCUT2D eigenvalue weighted by molar-refractivity contribution is 0.235. The SMILES string of the molecule is Cc1occc1CN(C)C(CN)c1cc(F)ccc1F. The fraction of sp³-hybridized carbons (Fsp3) is 0.333. The number of hydrogen-bond donors (Lipinski definition) is 1. The van der Waals surface area contributed by atoms with Gasteiger partial charge < -0.3 is 10.2 Å². The lowest BCUT2D eigenvalue weighted by atomic mass is 10.0. The highest BCUT2D eigenvalue weighted by Gasteiger charge is 2.20. The third-order valence-electron chi connectivity index (χ3n) is 3.46. The summed E-state index contributed by atoms with van der Waals surface area (Å²) in [6, 6.07) is 4.91. The Morgan fingerprint density at radius 2 is 2.05 bits per heavy atom. The Balaban J connectivity index is 2.23. The summed E-state index contributed by atoms with van der Waals surface area (Å²) in [5.74, 6) is -0.0994. The molecule has 0 spiro atoms. The Morgan fingerprint density at radius 3 is 2.65 bits per heavy atom. The molecule has 0 radical (unpaired) electrons. The number of furan rings is 1. The lowest BCUT2D eigenvalue weighted by Gasteiger charge is -2.27. The number of halogens is 2. The molecule has 0 aliphatic rings. The zero-order valence-electron chi connectivity index (χ0n) is 11.6. The summed E-state index contributed by atoms with van der Waals surface area (Å²) in [4.78, 5) is 1.88. The van der Waals surface area contributed by atoms with E-state index >= 15 is 0 Å². The van der Waals surface area contributed by atoms with E-state index in [9.17, 15) is 8.78 Å². The molecule has 1 aromatic carbocycles. The predicted molar refractivity (Wildman–Crippen MR) is 73.1 cm³/mol. The molecule has 1 aromatic heterocycles. The molecule has 0 aliphatic heterocycles. The molecule has 5 heteroatoms. The van der Waals surface area contributed by atoms with E-state index in [4.69, 9.17) is 10.2 Å². The minimum atomic E-state index is -0.465. The van der Waals surface area contributed by atoms with Gasteiger partial charge in [0.05, 0.1) is 12.3 Å². The first-order valence-electron chi connectivity index (χ1n) is 6.41. The number of benzene rings is 1. The van der Waals surface area contributed by atoms with Crippen LogP contribution in [0.25, 0.3) is 0 Å². The molecule has 2 aromatic rings. The summed E-state index contributed by atoms with van der Waals surface area (Å²) >= 11 is 0. The molecule has 1 atom stereocenters. The molecule has 0 saturated carbocycles. The number of hydrogen-bond acceptors (Lipinski definition) is 3. The highest BCUT2D eigenvalue weighted by Crippen LogP contribution is 2.24. The van der Waals surface area contributed by atoms with Gasteiger partial charge in [-0.25, -0.2) is 8.78 Å². The van der Waals surface area contributed by atoms with Gasteiger partial charge in [0.15, 0.2) is 0 Å². The van der Waals surface area contributed by atoms with Crippen molar-refractivity contribution in [3.63, 3.8) is 0 Å². The Bertz CT molecular complexity index is 583. The van der Waals surface area contributed by atoms with Crippen molar-refractivity contribution in [1.29, 1.82) is 0 Å². The van der Waals surface area contributed by atoms with E-state index in [0.29, 0.717) is 6.54 Å². The maximum atomic E-state index is 13.9. The third-order valence-corrected chi connectivity index (χ3v) is 3.46. The Hall–Kier alpha value is -1.72. The van der Waals surface area contributed by atoms with Crippen LogP contribution in [0, 0.1) is 18.6 Å². The molecule has 20 heavy (non-hydrogen) atoms. The summed E-state index contributed by atoms with van der Waals surface area (Å²) in [6.07, 6.45) is 1.61. The van der Waals surface area contributed by atoms with Gasteiger partial charge in [-0.3, -0.25) is 4.90 Å². The highest BCUT2D eigenvalue weighted by molar-refractivity contribution is 5.23. The van der Waals surface area contributed by atoms with Gasteiger partial charge >= 0.3 is 0 Å². The van der Waals surface area contributed by atoms with Crippen molar-refractivity contribution in [2.24, 2.45) is 5.73 Å². The minimum absolute atomic E-state index is 0.202. The maximum absolute atomic E-state index is 13.9. The molecule has 0 bridgehead atoms. The van der Waals surface area contributed by atoms with Gasteiger partial charge in [-0.2, -0.15) is 0 Å². The van der Waals surface area contributed by atoms with Crippen molar-refractivity contribution < 1.29 is 13.2 Å². The van der Waals surface area contributed by atoms with Gasteiger partial charge in [0.1, 0.15) is 17.4 Å². The Kier molecular flexibility index (Phi) is 4.52. The second kappa shape index (κ2) is 6.15. The molecular formula is C15H18F2N2O. The molecule has 0 aliphatic carbocycles. The fourth-order valence-electron chi connectivity index (χ4n) is 2.27. The molecule has 1 heterocycles. The summed E-state index contributed by atoms with van der Waals surface area (Å²) in [6.45, 7) is 2.62. The normalized spacial score (nSPS) is 12.9. The summed E-state index contributed by atoms with van der Waals surface area (Å²) < 4.78 is 32.4. The third kappa shape index (κ3) is 3.05. The van der Waals surface area contributed by atoms with Gasteiger partial charge in [0, 0.05) is 24.2 Å². The Morgan fingerprint density at radius 1 is 1.30 bits per heavy atom. The molecule has 0 saturated heterocycles. The zero-order valence-corrected chi connectivity index (χ0v) is 11.6. The van der Waals surface area contributed by atoms with Crippen LogP contribution >= 0.6 is 0 Å². The molecule has 108 valence electrons. The zero-order chi connectivity index (χ0) is 14.7. The van der Waals surface area contributed by atoms with E-state index in [2.05, 4.69) is 0 Å². The molecular weight excluding hydrogens is 262 g/mol. The number of nitrogens with zero attached hydrogens (tertiary/aromatic N) is 1. The second-order valence-corrected chi connectivity index (χ2v) is 4.83. The standard InChI is InChI=1S/C15H18F2N2O/c1-10-11(5-6-20-10)9-19(2)15(8-18)13-7-12(16)3-4-14(13)17/h3-7,15H,8-9,18H2,1-2H3. The van der Waals surface area contributed by atoms with Crippen LogP contribution in [0.15, 0.2) is 34.9 Å². The van der Waals surface area contributed by atoms with Crippen molar-refractivity contribution in [3.05, 3.63) is 59.1 Å². The first-order valence-corrected chi connectivity index (χ1v) is 6.41. The molecule has 3 nitrogen and oxygen atoms in total. The summed E-state index contributed by atoms with van der Waals surface area (Å²) in [7, 11) is 1.83. The summed E-state index contributed by atoms with van der Waals surface area (Å²) in [5.41, 5.74) is 7.01. The number of nitrogens with two attached hydrogens (primary N) is 1. The maximum Gasteiger partial charge on any atom is 0.128 e. The van der Waals surface area contributed by atoms with E-state index in [1.165, 1.54) is 6.07 Å². The quantitative estimate of drug-likeness (QED) is 0.915. The van der Waals surface area contributed by atoms with Gasteiger partial charge in [0.2, 0.25) is 0 Å². The number of rotatable bonds is 5. The topological polar surface area (TPSA) is 42.4 Å². The van der Waals surface area contributed by atoms with Crippen LogP contribution in [-0.4, -0.2) is 18.5 Å². The van der Waals surface area contributed by atoms with Crippen LogP contribution in [0.1, 0.15) is 22.9 Å². The van der Waals surface area contributed by atoms with Crippen LogP contribution in [0.4, 0.5) is 8.78 Å². The average Bonchev–Trinajstić information content (AvgIpc) is 2.80. The van der Waals surface area contributed by atoms with Gasteiger partial charge in [0.25, 0.3) is 0 Å². The minimum Gasteiger partial charge on any atom is -0.469 e. The smallest absolute Gasteiger partial charge is 0.128 e. The molecule has 2 N–H and O–H groups in total. The van der Waals surface area contributed by atoms with Gasteiger partial charge in [-0.1, -0.05) is 0 Å². The van der Waals surface area contributed by atoms with E-state index in [-0.39, 0.29) is 18.2 Å². The number of aryl methyl sites for hydroxylation is 1. The van der Waals surface area contributed by atoms with Crippen LogP contribution < -0.4 is 5.73 Å². The van der Waals surface area contributed by atoms with Crippen molar-refractivity contribution in [3.8, 4) is 0 Å². The first-order chi connectivity index (χ1) is 9.52. The first kappa shape index (κ1) is 14.7. The van der Waals surface area contributed by atoms with Crippen molar-refractivity contribution >= 4 is 0 Å². The molecule has 0 fully saturated rings. The predicted octanol–water partition coefficient (Wildman–Crippen LogP) is 3.00. The largest absolute Gasteiger partial charge is 0.469 e. The van der Waals surface area contributed by atoms with E-state index in [1.54, 1.807) is 6.26 Å². The molecule has 0 amide bonds. The second-order valence-electron chi connectivity index (χ2n) is 4.83. The average molecular weight is 280 g/mol.